The number of aliphatic carboxylic acids is 3. The molecule has 1 saturated carbocycles. The lowest BCUT2D eigenvalue weighted by atomic mass is 9.74. The lowest BCUT2D eigenvalue weighted by molar-refractivity contribution is -0.167. The zero-order chi connectivity index (χ0) is 16.0. The van der Waals surface area contributed by atoms with Crippen molar-refractivity contribution >= 4 is 17.9 Å². The van der Waals surface area contributed by atoms with Crippen LogP contribution in [0.15, 0.2) is 0 Å². The lowest BCUT2D eigenvalue weighted by Gasteiger charge is -2.28. The van der Waals surface area contributed by atoms with Crippen molar-refractivity contribution in [3.63, 3.8) is 0 Å². The van der Waals surface area contributed by atoms with Gasteiger partial charge < -0.3 is 20.4 Å². The molecule has 0 radical (unpaired) electrons. The quantitative estimate of drug-likeness (QED) is 0.572. The average molecular weight is 290 g/mol. The Bertz CT molecular complexity index is 351. The minimum absolute atomic E-state index is 0.275. The van der Waals surface area contributed by atoms with Gasteiger partial charge in [0.05, 0.1) is 12.0 Å². The van der Waals surface area contributed by atoms with Crippen LogP contribution in [0, 0.1) is 10.8 Å². The molecule has 7 heteroatoms. The first-order valence-corrected chi connectivity index (χ1v) is 6.41. The van der Waals surface area contributed by atoms with E-state index in [-0.39, 0.29) is 19.4 Å². The molecule has 0 saturated heterocycles. The third-order valence-electron chi connectivity index (χ3n) is 3.50. The van der Waals surface area contributed by atoms with E-state index in [1.54, 1.807) is 0 Å². The van der Waals surface area contributed by atoms with Crippen molar-refractivity contribution in [2.75, 3.05) is 6.61 Å². The number of carboxylic acids is 3. The fraction of sp³-hybridized carbons (Fsp3) is 0.769. The first-order valence-electron chi connectivity index (χ1n) is 6.41. The zero-order valence-electron chi connectivity index (χ0n) is 11.8. The van der Waals surface area contributed by atoms with E-state index in [1.165, 1.54) is 13.8 Å². The summed E-state index contributed by atoms with van der Waals surface area (Å²) in [5, 5.41) is 34.2. The minimum Gasteiger partial charge on any atom is -0.481 e. The molecule has 0 aromatic carbocycles. The van der Waals surface area contributed by atoms with Gasteiger partial charge in [-0.2, -0.15) is 0 Å². The number of hydrogen-bond donors (Lipinski definition) is 4. The Morgan fingerprint density at radius 2 is 1.35 bits per heavy atom. The molecule has 1 aliphatic carbocycles. The second-order valence-corrected chi connectivity index (χ2v) is 5.60. The largest absolute Gasteiger partial charge is 0.481 e. The van der Waals surface area contributed by atoms with Crippen molar-refractivity contribution in [2.45, 2.75) is 46.0 Å². The summed E-state index contributed by atoms with van der Waals surface area (Å²) < 4.78 is 0. The summed E-state index contributed by atoms with van der Waals surface area (Å²) in [5.74, 6) is -3.34. The van der Waals surface area contributed by atoms with E-state index in [4.69, 9.17) is 20.4 Å². The Balaban J connectivity index is 0.000000396. The fourth-order valence-corrected chi connectivity index (χ4v) is 1.74. The monoisotopic (exact) mass is 290 g/mol. The van der Waals surface area contributed by atoms with Crippen molar-refractivity contribution in [1.29, 1.82) is 0 Å². The summed E-state index contributed by atoms with van der Waals surface area (Å²) in [5.41, 5.74) is -2.47. The molecule has 0 amide bonds. The second-order valence-electron chi connectivity index (χ2n) is 5.60. The highest BCUT2D eigenvalue weighted by Gasteiger charge is 2.46. The van der Waals surface area contributed by atoms with Crippen LogP contribution >= 0.6 is 0 Å². The predicted molar refractivity (Wildman–Crippen MR) is 69.3 cm³/mol. The maximum Gasteiger partial charge on any atom is 0.321 e. The van der Waals surface area contributed by atoms with Crippen LogP contribution in [-0.2, 0) is 14.4 Å². The molecular weight excluding hydrogens is 268 g/mol. The van der Waals surface area contributed by atoms with E-state index in [1.807, 2.05) is 0 Å². The molecular formula is C13H22O7. The number of rotatable bonds is 4. The highest BCUT2D eigenvalue weighted by molar-refractivity contribution is 5.98. The minimum atomic E-state index is -1.49. The van der Waals surface area contributed by atoms with Crippen molar-refractivity contribution in [1.82, 2.24) is 0 Å². The van der Waals surface area contributed by atoms with Gasteiger partial charge in [-0.05, 0) is 26.7 Å². The first-order chi connectivity index (χ1) is 9.10. The zero-order valence-corrected chi connectivity index (χ0v) is 11.8. The van der Waals surface area contributed by atoms with Crippen molar-refractivity contribution < 1.29 is 34.8 Å². The van der Waals surface area contributed by atoms with Gasteiger partial charge in [0.1, 0.15) is 0 Å². The number of aliphatic hydroxyl groups is 1. The molecule has 0 bridgehead atoms. The molecule has 1 fully saturated rings. The van der Waals surface area contributed by atoms with Gasteiger partial charge in [-0.3, -0.25) is 14.4 Å². The molecule has 20 heavy (non-hydrogen) atoms. The van der Waals surface area contributed by atoms with Crippen LogP contribution in [-0.4, -0.2) is 44.9 Å². The molecule has 7 nitrogen and oxygen atoms in total. The van der Waals surface area contributed by atoms with E-state index in [0.29, 0.717) is 12.8 Å². The summed E-state index contributed by atoms with van der Waals surface area (Å²) in [4.78, 5) is 31.6. The normalized spacial score (nSPS) is 17.6. The Hall–Kier alpha value is -1.63. The van der Waals surface area contributed by atoms with Crippen LogP contribution in [0.25, 0.3) is 0 Å². The van der Waals surface area contributed by atoms with Gasteiger partial charge in [0, 0.05) is 0 Å². The second kappa shape index (κ2) is 7.23. The van der Waals surface area contributed by atoms with E-state index in [2.05, 4.69) is 0 Å². The number of carboxylic acid groups (broad SMARTS) is 3. The molecule has 1 rings (SSSR count). The molecule has 0 unspecified atom stereocenters. The Labute approximate surface area is 117 Å². The predicted octanol–water partition coefficient (Wildman–Crippen LogP) is 1.20. The fourth-order valence-electron chi connectivity index (χ4n) is 1.74. The van der Waals surface area contributed by atoms with Gasteiger partial charge in [0.2, 0.25) is 0 Å². The molecule has 116 valence electrons. The van der Waals surface area contributed by atoms with Crippen LogP contribution in [0.4, 0.5) is 0 Å². The van der Waals surface area contributed by atoms with E-state index < -0.39 is 28.7 Å². The summed E-state index contributed by atoms with van der Waals surface area (Å²) in [6.45, 7) is 2.62. The summed E-state index contributed by atoms with van der Waals surface area (Å²) >= 11 is 0. The molecule has 0 atom stereocenters. The molecule has 0 heterocycles. The lowest BCUT2D eigenvalue weighted by Crippen LogP contribution is -2.40. The van der Waals surface area contributed by atoms with Gasteiger partial charge in [0.15, 0.2) is 5.41 Å². The summed E-state index contributed by atoms with van der Waals surface area (Å²) in [6.07, 6.45) is 2.91. The molecule has 0 aliphatic heterocycles. The maximum atomic E-state index is 10.7. The molecule has 0 aromatic heterocycles. The topological polar surface area (TPSA) is 132 Å². The molecule has 4 N–H and O–H groups in total. The highest BCUT2D eigenvalue weighted by atomic mass is 16.4. The van der Waals surface area contributed by atoms with Crippen molar-refractivity contribution in [3.8, 4) is 0 Å². The Morgan fingerprint density at radius 1 is 0.950 bits per heavy atom. The maximum absolute atomic E-state index is 10.7. The number of aliphatic hydroxyl groups excluding tert-OH is 1. The van der Waals surface area contributed by atoms with Crippen LogP contribution in [0.5, 0.6) is 0 Å². The van der Waals surface area contributed by atoms with Crippen LogP contribution in [0.3, 0.4) is 0 Å². The third kappa shape index (κ3) is 4.48. The Morgan fingerprint density at radius 3 is 1.50 bits per heavy atom. The molecule has 0 spiro atoms. The van der Waals surface area contributed by atoms with Crippen LogP contribution in [0.1, 0.15) is 46.0 Å². The van der Waals surface area contributed by atoms with Gasteiger partial charge >= 0.3 is 17.9 Å². The number of carbonyl (C=O) groups is 3. The standard InChI is InChI=1S/C8H12O4.C5H10O3/c9-6(10)8(7(11)12)4-2-1-3-5-8;1-5(2,3-6)4(7)8/h1-5H2,(H,9,10)(H,11,12);6H,3H2,1-2H3,(H,7,8). The molecule has 1 aliphatic rings. The smallest absolute Gasteiger partial charge is 0.321 e. The molecule has 0 aromatic rings. The van der Waals surface area contributed by atoms with Gasteiger partial charge in [0.25, 0.3) is 0 Å². The van der Waals surface area contributed by atoms with Gasteiger partial charge in [-0.25, -0.2) is 0 Å². The highest BCUT2D eigenvalue weighted by Crippen LogP contribution is 2.36. The van der Waals surface area contributed by atoms with Crippen LogP contribution in [0.2, 0.25) is 0 Å². The SMILES string of the molecule is CC(C)(CO)C(=O)O.O=C(O)C1(C(=O)O)CCCCC1. The van der Waals surface area contributed by atoms with E-state index in [9.17, 15) is 14.4 Å². The van der Waals surface area contributed by atoms with Gasteiger partial charge in [-0.1, -0.05) is 19.3 Å². The summed E-state index contributed by atoms with van der Waals surface area (Å²) in [6, 6.07) is 0. The van der Waals surface area contributed by atoms with Crippen molar-refractivity contribution in [3.05, 3.63) is 0 Å². The third-order valence-corrected chi connectivity index (χ3v) is 3.50. The van der Waals surface area contributed by atoms with Crippen LogP contribution < -0.4 is 0 Å². The van der Waals surface area contributed by atoms with Gasteiger partial charge in [-0.15, -0.1) is 0 Å². The Kier molecular flexibility index (Phi) is 6.64. The average Bonchev–Trinajstić information content (AvgIpc) is 2.39. The summed E-state index contributed by atoms with van der Waals surface area (Å²) in [7, 11) is 0. The first kappa shape index (κ1) is 18.4. The number of hydrogen-bond acceptors (Lipinski definition) is 4. The van der Waals surface area contributed by atoms with Crippen molar-refractivity contribution in [2.24, 2.45) is 10.8 Å². The van der Waals surface area contributed by atoms with E-state index in [0.717, 1.165) is 6.42 Å². The van der Waals surface area contributed by atoms with E-state index >= 15 is 0 Å².